The van der Waals surface area contributed by atoms with Gasteiger partial charge < -0.3 is 10.1 Å². The van der Waals surface area contributed by atoms with Crippen molar-refractivity contribution in [2.45, 2.75) is 0 Å². The molecule has 20 heavy (non-hydrogen) atoms. The van der Waals surface area contributed by atoms with Gasteiger partial charge in [-0.05, 0) is 56.1 Å². The first-order valence-corrected chi connectivity index (χ1v) is 7.85. The Morgan fingerprint density at radius 2 is 1.95 bits per heavy atom. The second kappa shape index (κ2) is 6.69. The fourth-order valence-electron chi connectivity index (χ4n) is 1.57. The van der Waals surface area contributed by atoms with Crippen LogP contribution in [0, 0.1) is 0 Å². The predicted molar refractivity (Wildman–Crippen MR) is 88.3 cm³/mol. The van der Waals surface area contributed by atoms with Crippen molar-refractivity contribution in [3.8, 4) is 5.75 Å². The number of nitrogens with one attached hydrogen (secondary N) is 1. The van der Waals surface area contributed by atoms with Crippen LogP contribution >= 0.6 is 47.8 Å². The van der Waals surface area contributed by atoms with E-state index in [1.54, 1.807) is 24.4 Å². The summed E-state index contributed by atoms with van der Waals surface area (Å²) in [4.78, 5) is 16.4. The first-order chi connectivity index (χ1) is 9.51. The van der Waals surface area contributed by atoms with Gasteiger partial charge in [-0.3, -0.25) is 4.79 Å². The van der Waals surface area contributed by atoms with Crippen molar-refractivity contribution in [3.05, 3.63) is 49.4 Å². The summed E-state index contributed by atoms with van der Waals surface area (Å²) in [5.41, 5.74) is 0.415. The van der Waals surface area contributed by atoms with Crippen molar-refractivity contribution in [1.82, 2.24) is 4.98 Å². The number of hydrogen-bond acceptors (Lipinski definition) is 3. The maximum absolute atomic E-state index is 12.3. The number of amides is 1. The maximum atomic E-state index is 12.3. The van der Waals surface area contributed by atoms with E-state index in [0.717, 1.165) is 8.95 Å². The van der Waals surface area contributed by atoms with E-state index in [1.165, 1.54) is 7.11 Å². The Bertz CT molecular complexity index is 645. The van der Waals surface area contributed by atoms with Crippen LogP contribution in [0.25, 0.3) is 0 Å². The summed E-state index contributed by atoms with van der Waals surface area (Å²) >= 11 is 10.0. The van der Waals surface area contributed by atoms with Crippen LogP contribution in [0.4, 0.5) is 5.82 Å². The minimum atomic E-state index is -0.293. The minimum absolute atomic E-state index is 0.293. The van der Waals surface area contributed by atoms with Gasteiger partial charge >= 0.3 is 0 Å². The largest absolute Gasteiger partial charge is 0.495 e. The molecule has 0 bridgehead atoms. The van der Waals surface area contributed by atoms with Crippen molar-refractivity contribution < 1.29 is 9.53 Å². The van der Waals surface area contributed by atoms with Crippen LogP contribution in [0.2, 0.25) is 0 Å². The van der Waals surface area contributed by atoms with Gasteiger partial charge in [0.25, 0.3) is 5.91 Å². The highest BCUT2D eigenvalue weighted by Crippen LogP contribution is 2.33. The summed E-state index contributed by atoms with van der Waals surface area (Å²) in [6, 6.07) is 7.02. The number of carbonyl (C=O) groups excluding carboxylic acids is 1. The monoisotopic (exact) mass is 462 g/mol. The molecule has 1 aromatic heterocycles. The van der Waals surface area contributed by atoms with E-state index in [9.17, 15) is 4.79 Å². The SMILES string of the molecule is COc1c(Br)cc(Br)cc1C(=O)Nc1ccc(Br)cn1. The second-order valence-electron chi connectivity index (χ2n) is 3.78. The van der Waals surface area contributed by atoms with Crippen molar-refractivity contribution in [1.29, 1.82) is 0 Å². The van der Waals surface area contributed by atoms with Crippen LogP contribution in [-0.2, 0) is 0 Å². The van der Waals surface area contributed by atoms with Crippen LogP contribution in [0.3, 0.4) is 0 Å². The van der Waals surface area contributed by atoms with Gasteiger partial charge in [0.05, 0.1) is 17.1 Å². The van der Waals surface area contributed by atoms with Gasteiger partial charge in [-0.15, -0.1) is 0 Å². The molecule has 1 aromatic carbocycles. The molecule has 0 saturated heterocycles. The number of ether oxygens (including phenoxy) is 1. The number of rotatable bonds is 3. The number of carbonyl (C=O) groups is 1. The van der Waals surface area contributed by atoms with Gasteiger partial charge in [-0.2, -0.15) is 0 Å². The lowest BCUT2D eigenvalue weighted by molar-refractivity contribution is 0.102. The van der Waals surface area contributed by atoms with Gasteiger partial charge in [-0.25, -0.2) is 4.98 Å². The standard InChI is InChI=1S/C13H9Br3N2O2/c1-20-12-9(4-8(15)5-10(12)16)13(19)18-11-3-2-7(14)6-17-11/h2-6H,1H3,(H,17,18,19). The maximum Gasteiger partial charge on any atom is 0.260 e. The van der Waals surface area contributed by atoms with Crippen molar-refractivity contribution >= 4 is 59.5 Å². The average molecular weight is 465 g/mol. The van der Waals surface area contributed by atoms with Crippen LogP contribution in [0.5, 0.6) is 5.75 Å². The lowest BCUT2D eigenvalue weighted by Gasteiger charge is -2.11. The summed E-state index contributed by atoms with van der Waals surface area (Å²) in [5, 5.41) is 2.72. The van der Waals surface area contributed by atoms with Gasteiger partial charge in [0, 0.05) is 15.1 Å². The third-order valence-corrected chi connectivity index (χ3v) is 3.94. The molecule has 0 saturated carbocycles. The van der Waals surface area contributed by atoms with E-state index in [0.29, 0.717) is 21.6 Å². The van der Waals surface area contributed by atoms with E-state index in [1.807, 2.05) is 6.07 Å². The molecule has 1 heterocycles. The van der Waals surface area contributed by atoms with Crippen LogP contribution in [-0.4, -0.2) is 18.0 Å². The van der Waals surface area contributed by atoms with E-state index in [-0.39, 0.29) is 5.91 Å². The molecule has 1 N–H and O–H groups in total. The smallest absolute Gasteiger partial charge is 0.260 e. The number of halogens is 3. The third kappa shape index (κ3) is 3.59. The Morgan fingerprint density at radius 3 is 2.55 bits per heavy atom. The zero-order valence-corrected chi connectivity index (χ0v) is 15.0. The number of methoxy groups -OCH3 is 1. The summed E-state index contributed by atoms with van der Waals surface area (Å²) in [5.74, 6) is 0.651. The summed E-state index contributed by atoms with van der Waals surface area (Å²) in [6.45, 7) is 0. The molecule has 4 nitrogen and oxygen atoms in total. The highest BCUT2D eigenvalue weighted by molar-refractivity contribution is 9.11. The molecule has 2 aromatic rings. The Kier molecular flexibility index (Phi) is 5.17. The molecular weight excluding hydrogens is 456 g/mol. The Balaban J connectivity index is 2.31. The highest BCUT2D eigenvalue weighted by atomic mass is 79.9. The molecule has 104 valence electrons. The van der Waals surface area contributed by atoms with Crippen LogP contribution in [0.15, 0.2) is 43.9 Å². The van der Waals surface area contributed by atoms with E-state index in [2.05, 4.69) is 58.1 Å². The molecule has 0 spiro atoms. The number of benzene rings is 1. The normalized spacial score (nSPS) is 10.2. The minimum Gasteiger partial charge on any atom is -0.495 e. The Labute approximate surface area is 141 Å². The van der Waals surface area contributed by atoms with E-state index in [4.69, 9.17) is 4.74 Å². The molecule has 2 rings (SSSR count). The van der Waals surface area contributed by atoms with Gasteiger partial charge in [-0.1, -0.05) is 15.9 Å². The first-order valence-electron chi connectivity index (χ1n) is 5.47. The third-order valence-electron chi connectivity index (χ3n) is 2.43. The van der Waals surface area contributed by atoms with Gasteiger partial charge in [0.2, 0.25) is 0 Å². The number of pyridine rings is 1. The fourth-order valence-corrected chi connectivity index (χ4v) is 3.19. The molecule has 0 aliphatic heterocycles. The number of aromatic nitrogens is 1. The molecule has 0 atom stereocenters. The highest BCUT2D eigenvalue weighted by Gasteiger charge is 2.16. The molecule has 0 fully saturated rings. The fraction of sp³-hybridized carbons (Fsp3) is 0.0769. The second-order valence-corrected chi connectivity index (χ2v) is 6.47. The predicted octanol–water partition coefficient (Wildman–Crippen LogP) is 4.63. The van der Waals surface area contributed by atoms with Gasteiger partial charge in [0.1, 0.15) is 11.6 Å². The quantitative estimate of drug-likeness (QED) is 0.720. The van der Waals surface area contributed by atoms with Crippen molar-refractivity contribution in [2.24, 2.45) is 0 Å². The number of hydrogen-bond donors (Lipinski definition) is 1. The molecule has 0 unspecified atom stereocenters. The molecule has 0 radical (unpaired) electrons. The zero-order chi connectivity index (χ0) is 14.7. The molecule has 7 heteroatoms. The van der Waals surface area contributed by atoms with E-state index < -0.39 is 0 Å². The molecule has 0 aliphatic carbocycles. The van der Waals surface area contributed by atoms with E-state index >= 15 is 0 Å². The molecular formula is C13H9Br3N2O2. The molecule has 0 aliphatic rings. The topological polar surface area (TPSA) is 51.2 Å². The lowest BCUT2D eigenvalue weighted by Crippen LogP contribution is -2.14. The zero-order valence-electron chi connectivity index (χ0n) is 10.3. The van der Waals surface area contributed by atoms with Crippen molar-refractivity contribution in [3.63, 3.8) is 0 Å². The number of nitrogens with zero attached hydrogens (tertiary/aromatic N) is 1. The van der Waals surface area contributed by atoms with Gasteiger partial charge in [0.15, 0.2) is 0 Å². The Morgan fingerprint density at radius 1 is 1.20 bits per heavy atom. The summed E-state index contributed by atoms with van der Waals surface area (Å²) in [7, 11) is 1.52. The van der Waals surface area contributed by atoms with Crippen LogP contribution < -0.4 is 10.1 Å². The molecule has 1 amide bonds. The lowest BCUT2D eigenvalue weighted by atomic mass is 10.2. The van der Waals surface area contributed by atoms with Crippen LogP contribution in [0.1, 0.15) is 10.4 Å². The Hall–Kier alpha value is -0.920. The average Bonchev–Trinajstić information content (AvgIpc) is 2.40. The first kappa shape index (κ1) is 15.5. The summed E-state index contributed by atoms with van der Waals surface area (Å²) in [6.07, 6.45) is 1.61. The van der Waals surface area contributed by atoms with Crippen molar-refractivity contribution in [2.75, 3.05) is 12.4 Å². The number of anilines is 1. The summed E-state index contributed by atoms with van der Waals surface area (Å²) < 4.78 is 7.57.